The number of anilines is 2. The molecule has 2 heterocycles. The van der Waals surface area contributed by atoms with Crippen molar-refractivity contribution >= 4 is 17.4 Å². The molecule has 0 radical (unpaired) electrons. The van der Waals surface area contributed by atoms with Crippen LogP contribution in [0.15, 0.2) is 36.4 Å². The third kappa shape index (κ3) is 3.91. The van der Waals surface area contributed by atoms with Crippen LogP contribution < -0.4 is 9.80 Å². The molecular formula is C22H21F6N3O. The first kappa shape index (κ1) is 22.4. The van der Waals surface area contributed by atoms with Gasteiger partial charge in [-0.15, -0.1) is 0 Å². The van der Waals surface area contributed by atoms with E-state index in [1.807, 2.05) is 19.1 Å². The number of rotatable bonds is 3. The van der Waals surface area contributed by atoms with Crippen molar-refractivity contribution in [3.63, 3.8) is 0 Å². The maximum Gasteiger partial charge on any atom is 0.433 e. The van der Waals surface area contributed by atoms with Gasteiger partial charge >= 0.3 is 12.4 Å². The first-order chi connectivity index (χ1) is 14.9. The maximum atomic E-state index is 13.4. The fourth-order valence-corrected chi connectivity index (χ4v) is 4.85. The number of alkyl halides is 6. The monoisotopic (exact) mass is 457 g/mol. The molecule has 1 saturated heterocycles. The van der Waals surface area contributed by atoms with E-state index in [1.165, 1.54) is 9.80 Å². The Labute approximate surface area is 180 Å². The Morgan fingerprint density at radius 3 is 2.38 bits per heavy atom. The van der Waals surface area contributed by atoms with Gasteiger partial charge in [-0.1, -0.05) is 18.2 Å². The van der Waals surface area contributed by atoms with Crippen LogP contribution in [-0.2, 0) is 17.1 Å². The number of aromatic nitrogens is 1. The summed E-state index contributed by atoms with van der Waals surface area (Å²) in [5.41, 5.74) is -1.59. The predicted molar refractivity (Wildman–Crippen MR) is 106 cm³/mol. The molecule has 172 valence electrons. The number of halogens is 6. The lowest BCUT2D eigenvalue weighted by Gasteiger charge is -2.38. The normalized spacial score (nSPS) is 23.0. The molecule has 0 N–H and O–H groups in total. The number of pyridine rings is 1. The minimum atomic E-state index is -5.05. The van der Waals surface area contributed by atoms with Gasteiger partial charge in [-0.2, -0.15) is 26.3 Å². The molecule has 2 fully saturated rings. The first-order valence-electron chi connectivity index (χ1n) is 10.2. The number of carbonyl (C=O) groups is 1. The molecule has 1 aromatic heterocycles. The molecule has 4 nitrogen and oxygen atoms in total. The molecular weight excluding hydrogens is 436 g/mol. The fourth-order valence-electron chi connectivity index (χ4n) is 4.85. The van der Waals surface area contributed by atoms with Gasteiger partial charge in [-0.25, -0.2) is 4.98 Å². The first-order valence-corrected chi connectivity index (χ1v) is 10.2. The number of hydrogen-bond donors (Lipinski definition) is 0. The van der Waals surface area contributed by atoms with Crippen molar-refractivity contribution < 1.29 is 31.1 Å². The van der Waals surface area contributed by atoms with Crippen LogP contribution in [0.4, 0.5) is 37.8 Å². The highest BCUT2D eigenvalue weighted by atomic mass is 19.4. The zero-order chi connectivity index (χ0) is 23.4. The molecule has 0 unspecified atom stereocenters. The van der Waals surface area contributed by atoms with E-state index >= 15 is 0 Å². The second-order valence-corrected chi connectivity index (χ2v) is 8.36. The topological polar surface area (TPSA) is 36.4 Å². The average molecular weight is 457 g/mol. The summed E-state index contributed by atoms with van der Waals surface area (Å²) in [4.78, 5) is 19.8. The number of amides is 1. The Morgan fingerprint density at radius 2 is 1.75 bits per heavy atom. The number of benzene rings is 1. The minimum Gasteiger partial charge on any atom is -0.341 e. The summed E-state index contributed by atoms with van der Waals surface area (Å²) in [5, 5.41) is 0. The van der Waals surface area contributed by atoms with E-state index in [2.05, 4.69) is 4.98 Å². The summed E-state index contributed by atoms with van der Waals surface area (Å²) < 4.78 is 80.1. The Balaban J connectivity index is 1.77. The van der Waals surface area contributed by atoms with Gasteiger partial charge in [0.25, 0.3) is 0 Å². The van der Waals surface area contributed by atoms with Crippen LogP contribution in [0.25, 0.3) is 0 Å². The van der Waals surface area contributed by atoms with Gasteiger partial charge in [0.2, 0.25) is 5.91 Å². The third-order valence-corrected chi connectivity index (χ3v) is 6.34. The summed E-state index contributed by atoms with van der Waals surface area (Å²) in [5.74, 6) is -1.00. The quantitative estimate of drug-likeness (QED) is 0.576. The van der Waals surface area contributed by atoms with Gasteiger partial charge in [-0.05, 0) is 55.9 Å². The highest BCUT2D eigenvalue weighted by Gasteiger charge is 2.51. The van der Waals surface area contributed by atoms with E-state index in [1.54, 1.807) is 19.2 Å². The van der Waals surface area contributed by atoms with Crippen molar-refractivity contribution in [1.29, 1.82) is 0 Å². The number of aryl methyl sites for hydroxylation is 1. The van der Waals surface area contributed by atoms with Crippen LogP contribution in [0.2, 0.25) is 0 Å². The molecule has 1 aliphatic carbocycles. The maximum absolute atomic E-state index is 13.4. The Bertz CT molecular complexity index is 1000. The SMILES string of the molecule is Cc1ccccc1N(C)C(=O)[C@@H]1[C@H]2CC[C@H](C2)N1c1cc(C(F)(F)F)cc(C(F)(F)F)n1. The molecule has 0 spiro atoms. The largest absolute Gasteiger partial charge is 0.433 e. The highest BCUT2D eigenvalue weighted by molar-refractivity contribution is 6.00. The summed E-state index contributed by atoms with van der Waals surface area (Å²) in [6.45, 7) is 1.82. The molecule has 1 aliphatic heterocycles. The van der Waals surface area contributed by atoms with Crippen molar-refractivity contribution in [3.8, 4) is 0 Å². The molecule has 1 saturated carbocycles. The van der Waals surface area contributed by atoms with E-state index in [-0.39, 0.29) is 23.9 Å². The summed E-state index contributed by atoms with van der Waals surface area (Å²) in [6, 6.07) is 6.54. The van der Waals surface area contributed by atoms with Crippen LogP contribution in [-0.4, -0.2) is 30.0 Å². The summed E-state index contributed by atoms with van der Waals surface area (Å²) in [6.07, 6.45) is -8.23. The molecule has 32 heavy (non-hydrogen) atoms. The van der Waals surface area contributed by atoms with Crippen molar-refractivity contribution in [1.82, 2.24) is 4.98 Å². The number of para-hydroxylation sites is 1. The van der Waals surface area contributed by atoms with Gasteiger partial charge in [0.05, 0.1) is 5.56 Å². The molecule has 2 aliphatic rings. The highest BCUT2D eigenvalue weighted by Crippen LogP contribution is 2.47. The number of nitrogens with zero attached hydrogens (tertiary/aromatic N) is 3. The number of carbonyl (C=O) groups excluding carboxylic acids is 1. The smallest absolute Gasteiger partial charge is 0.341 e. The fraction of sp³-hybridized carbons (Fsp3) is 0.455. The molecule has 3 atom stereocenters. The van der Waals surface area contributed by atoms with E-state index < -0.39 is 35.5 Å². The lowest BCUT2D eigenvalue weighted by atomic mass is 9.96. The second-order valence-electron chi connectivity index (χ2n) is 8.36. The van der Waals surface area contributed by atoms with Gasteiger partial charge < -0.3 is 9.80 Å². The second kappa shape index (κ2) is 7.67. The molecule has 2 bridgehead atoms. The van der Waals surface area contributed by atoms with Gasteiger partial charge in [0.15, 0.2) is 0 Å². The van der Waals surface area contributed by atoms with Crippen LogP contribution in [0.1, 0.15) is 36.1 Å². The van der Waals surface area contributed by atoms with E-state index in [0.717, 1.165) is 5.56 Å². The average Bonchev–Trinajstić information content (AvgIpc) is 3.33. The summed E-state index contributed by atoms with van der Waals surface area (Å²) in [7, 11) is 1.57. The minimum absolute atomic E-state index is 0.00804. The molecule has 2 aromatic rings. The lowest BCUT2D eigenvalue weighted by molar-refractivity contribution is -0.145. The van der Waals surface area contributed by atoms with Crippen molar-refractivity contribution in [2.24, 2.45) is 5.92 Å². The standard InChI is InChI=1S/C22H21F6N3O/c1-12-5-3-4-6-16(12)30(2)20(32)19-13-7-8-15(9-13)31(19)18-11-14(21(23,24)25)10-17(29-18)22(26,27)28/h3-6,10-11,13,15,19H,7-9H2,1-2H3/t13-,15+,19-/m0/s1. The van der Waals surface area contributed by atoms with Crippen LogP contribution in [0.5, 0.6) is 0 Å². The van der Waals surface area contributed by atoms with Gasteiger partial charge in [0, 0.05) is 18.8 Å². The van der Waals surface area contributed by atoms with Gasteiger partial charge in [0.1, 0.15) is 17.6 Å². The van der Waals surface area contributed by atoms with Gasteiger partial charge in [-0.3, -0.25) is 4.79 Å². The van der Waals surface area contributed by atoms with Crippen LogP contribution in [0.3, 0.4) is 0 Å². The molecule has 4 rings (SSSR count). The number of hydrogen-bond acceptors (Lipinski definition) is 3. The van der Waals surface area contributed by atoms with E-state index in [4.69, 9.17) is 0 Å². The number of piperidine rings is 1. The predicted octanol–water partition coefficient (Wildman–Crippen LogP) is 5.45. The zero-order valence-corrected chi connectivity index (χ0v) is 17.3. The Kier molecular flexibility index (Phi) is 5.37. The number of fused-ring (bicyclic) bond motifs is 2. The molecule has 1 aromatic carbocycles. The Hall–Kier alpha value is -2.78. The third-order valence-electron chi connectivity index (χ3n) is 6.34. The molecule has 1 amide bonds. The van der Waals surface area contributed by atoms with Crippen molar-refractivity contribution in [2.45, 2.75) is 50.6 Å². The number of likely N-dealkylation sites (N-methyl/N-ethyl adjacent to an activating group) is 1. The summed E-state index contributed by atoms with van der Waals surface area (Å²) >= 11 is 0. The van der Waals surface area contributed by atoms with Crippen LogP contribution in [0, 0.1) is 12.8 Å². The van der Waals surface area contributed by atoms with Crippen molar-refractivity contribution in [2.75, 3.05) is 16.8 Å². The van der Waals surface area contributed by atoms with E-state index in [0.29, 0.717) is 31.0 Å². The van der Waals surface area contributed by atoms with Crippen molar-refractivity contribution in [3.05, 3.63) is 53.2 Å². The lowest BCUT2D eigenvalue weighted by Crippen LogP contribution is -2.51. The Morgan fingerprint density at radius 1 is 1.06 bits per heavy atom. The molecule has 10 heteroatoms. The van der Waals surface area contributed by atoms with E-state index in [9.17, 15) is 31.1 Å². The zero-order valence-electron chi connectivity index (χ0n) is 17.3. The van der Waals surface area contributed by atoms with Crippen LogP contribution >= 0.6 is 0 Å².